The average molecular weight is 1270 g/mol. The minimum Gasteiger partial charge on any atom is -0.462 e. The second kappa shape index (κ2) is 59.4. The van der Waals surface area contributed by atoms with Gasteiger partial charge in [-0.05, 0) is 37.5 Å². The van der Waals surface area contributed by atoms with Gasteiger partial charge >= 0.3 is 39.5 Å². The highest BCUT2D eigenvalue weighted by Gasteiger charge is 2.30. The van der Waals surface area contributed by atoms with E-state index in [1.165, 1.54) is 141 Å². The van der Waals surface area contributed by atoms with Crippen LogP contribution in [0, 0.1) is 11.8 Å². The Labute approximate surface area is 524 Å². The molecule has 0 amide bonds. The van der Waals surface area contributed by atoms with Crippen LogP contribution in [0.15, 0.2) is 0 Å². The van der Waals surface area contributed by atoms with Crippen LogP contribution in [0.25, 0.3) is 0 Å². The van der Waals surface area contributed by atoms with Gasteiger partial charge in [0.05, 0.1) is 26.4 Å². The van der Waals surface area contributed by atoms with Crippen LogP contribution in [0.4, 0.5) is 0 Å². The SMILES string of the molecule is CCCCCCCCCCCCCCCCCCCC(=O)O[C@H](COC(=O)CCCCCCCCC(C)CC)COP(=O)(O)OC[C@@H](O)COP(=O)(O)OC[C@@H](COC(=O)CCCCCCCCC(C)C)OC(=O)CCCCCCCCCCCC. The standard InChI is InChI=1S/C67H130O17P2/c1-7-10-12-14-16-18-20-21-22-23-24-25-26-28-30-40-46-52-67(72)84-63(56-78-65(70)50-44-38-34-32-36-42-48-60(6)9-3)58-82-86(75,76)80-54-61(68)53-79-85(73,74)81-57-62(55-77-64(69)49-43-37-33-31-35-41-47-59(4)5)83-66(71)51-45-39-29-27-19-17-15-13-11-8-2/h59-63,68H,7-58H2,1-6H3,(H,73,74)(H,75,76)/t60?,61-,62+,63+/m0/s1. The van der Waals surface area contributed by atoms with Crippen LogP contribution in [0.5, 0.6) is 0 Å². The summed E-state index contributed by atoms with van der Waals surface area (Å²) in [6.07, 6.45) is 43.3. The van der Waals surface area contributed by atoms with Crippen molar-refractivity contribution in [2.45, 2.75) is 355 Å². The fourth-order valence-electron chi connectivity index (χ4n) is 10.0. The Morgan fingerprint density at radius 1 is 0.337 bits per heavy atom. The maximum Gasteiger partial charge on any atom is 0.472 e. The van der Waals surface area contributed by atoms with Gasteiger partial charge in [-0.3, -0.25) is 37.3 Å². The maximum absolute atomic E-state index is 13.0. The molecule has 0 heterocycles. The quantitative estimate of drug-likeness (QED) is 0.0222. The van der Waals surface area contributed by atoms with E-state index in [1.54, 1.807) is 0 Å². The van der Waals surface area contributed by atoms with E-state index in [4.69, 9.17) is 37.0 Å². The van der Waals surface area contributed by atoms with Gasteiger partial charge in [0.2, 0.25) is 0 Å². The lowest BCUT2D eigenvalue weighted by Crippen LogP contribution is -2.30. The van der Waals surface area contributed by atoms with Crippen molar-refractivity contribution in [1.82, 2.24) is 0 Å². The number of hydrogen-bond donors (Lipinski definition) is 3. The second-order valence-corrected chi connectivity index (χ2v) is 27.8. The first-order chi connectivity index (χ1) is 41.4. The van der Waals surface area contributed by atoms with Crippen LogP contribution in [0.2, 0.25) is 0 Å². The van der Waals surface area contributed by atoms with E-state index in [0.29, 0.717) is 31.6 Å². The van der Waals surface area contributed by atoms with Crippen LogP contribution in [-0.2, 0) is 65.4 Å². The topological polar surface area (TPSA) is 237 Å². The summed E-state index contributed by atoms with van der Waals surface area (Å²) >= 11 is 0. The van der Waals surface area contributed by atoms with Gasteiger partial charge in [-0.1, -0.05) is 286 Å². The summed E-state index contributed by atoms with van der Waals surface area (Å²) in [5, 5.41) is 10.6. The van der Waals surface area contributed by atoms with Gasteiger partial charge in [0.25, 0.3) is 0 Å². The number of carbonyl (C=O) groups is 4. The van der Waals surface area contributed by atoms with Gasteiger partial charge in [0.15, 0.2) is 12.2 Å². The fraction of sp³-hybridized carbons (Fsp3) is 0.940. The minimum atomic E-state index is -4.95. The molecule has 0 aromatic heterocycles. The number of unbranched alkanes of at least 4 members (excludes halogenated alkanes) is 35. The minimum absolute atomic E-state index is 0.105. The zero-order valence-corrected chi connectivity index (χ0v) is 57.4. The van der Waals surface area contributed by atoms with E-state index in [1.807, 2.05) is 0 Å². The highest BCUT2D eigenvalue weighted by molar-refractivity contribution is 7.47. The van der Waals surface area contributed by atoms with Gasteiger partial charge in [-0.2, -0.15) is 0 Å². The molecule has 0 bridgehead atoms. The number of carbonyl (C=O) groups excluding carboxylic acids is 4. The fourth-order valence-corrected chi connectivity index (χ4v) is 11.6. The van der Waals surface area contributed by atoms with Gasteiger partial charge in [0.1, 0.15) is 19.3 Å². The molecule has 0 spiro atoms. The Morgan fingerprint density at radius 2 is 0.593 bits per heavy atom. The molecule has 0 saturated carbocycles. The second-order valence-electron chi connectivity index (χ2n) is 24.9. The van der Waals surface area contributed by atoms with Crippen LogP contribution >= 0.6 is 15.6 Å². The van der Waals surface area contributed by atoms with Crippen molar-refractivity contribution in [3.05, 3.63) is 0 Å². The zero-order chi connectivity index (χ0) is 63.6. The molecule has 0 aliphatic heterocycles. The van der Waals surface area contributed by atoms with Gasteiger partial charge in [-0.25, -0.2) is 9.13 Å². The first-order valence-electron chi connectivity index (χ1n) is 35.0. The molecular formula is C67H130O17P2. The average Bonchev–Trinajstić information content (AvgIpc) is 3.50. The summed E-state index contributed by atoms with van der Waals surface area (Å²) in [6, 6.07) is 0. The van der Waals surface area contributed by atoms with Crippen LogP contribution in [0.3, 0.4) is 0 Å². The van der Waals surface area contributed by atoms with Crippen molar-refractivity contribution >= 4 is 39.5 Å². The van der Waals surface area contributed by atoms with E-state index < -0.39 is 97.5 Å². The third-order valence-corrected chi connectivity index (χ3v) is 17.7. The third kappa shape index (κ3) is 59.7. The van der Waals surface area contributed by atoms with Gasteiger partial charge in [0, 0.05) is 25.7 Å². The summed E-state index contributed by atoms with van der Waals surface area (Å²) in [6.45, 7) is 9.39. The number of rotatable bonds is 66. The first-order valence-corrected chi connectivity index (χ1v) is 38.0. The third-order valence-electron chi connectivity index (χ3n) is 15.8. The summed E-state index contributed by atoms with van der Waals surface area (Å²) in [7, 11) is -9.89. The molecule has 510 valence electrons. The number of aliphatic hydroxyl groups is 1. The number of ether oxygens (including phenoxy) is 4. The normalized spacial score (nSPS) is 14.5. The van der Waals surface area contributed by atoms with Crippen LogP contribution < -0.4 is 0 Å². The molecule has 0 aromatic rings. The van der Waals surface area contributed by atoms with Crippen molar-refractivity contribution in [2.75, 3.05) is 39.6 Å². The van der Waals surface area contributed by atoms with E-state index in [0.717, 1.165) is 109 Å². The Hall–Kier alpha value is -1.94. The Balaban J connectivity index is 5.21. The predicted octanol–water partition coefficient (Wildman–Crippen LogP) is 18.8. The molecule has 86 heavy (non-hydrogen) atoms. The molecule has 0 aliphatic carbocycles. The summed E-state index contributed by atoms with van der Waals surface area (Å²) in [4.78, 5) is 72.3. The lowest BCUT2D eigenvalue weighted by Gasteiger charge is -2.21. The van der Waals surface area contributed by atoms with Crippen LogP contribution in [-0.4, -0.2) is 96.7 Å². The smallest absolute Gasteiger partial charge is 0.462 e. The molecule has 0 saturated heterocycles. The van der Waals surface area contributed by atoms with Crippen molar-refractivity contribution in [2.24, 2.45) is 11.8 Å². The van der Waals surface area contributed by atoms with Crippen molar-refractivity contribution in [3.8, 4) is 0 Å². The van der Waals surface area contributed by atoms with Crippen LogP contribution in [0.1, 0.15) is 337 Å². The molecule has 0 aromatic carbocycles. The molecule has 0 aliphatic rings. The molecule has 3 unspecified atom stereocenters. The Kier molecular flexibility index (Phi) is 58.0. The van der Waals surface area contributed by atoms with E-state index in [9.17, 15) is 43.2 Å². The number of hydrogen-bond acceptors (Lipinski definition) is 15. The summed E-state index contributed by atoms with van der Waals surface area (Å²) in [5.74, 6) is -0.721. The Morgan fingerprint density at radius 3 is 0.884 bits per heavy atom. The van der Waals surface area contributed by atoms with E-state index >= 15 is 0 Å². The molecule has 0 rings (SSSR count). The highest BCUT2D eigenvalue weighted by Crippen LogP contribution is 2.45. The molecule has 17 nitrogen and oxygen atoms in total. The Bertz CT molecular complexity index is 1690. The molecule has 0 radical (unpaired) electrons. The lowest BCUT2D eigenvalue weighted by atomic mass is 10.00. The number of phosphoric ester groups is 2. The largest absolute Gasteiger partial charge is 0.472 e. The van der Waals surface area contributed by atoms with Gasteiger partial charge < -0.3 is 33.8 Å². The van der Waals surface area contributed by atoms with Crippen molar-refractivity contribution < 1.29 is 80.2 Å². The molecule has 3 N–H and O–H groups in total. The molecule has 6 atom stereocenters. The molecule has 0 fully saturated rings. The maximum atomic E-state index is 13.0. The van der Waals surface area contributed by atoms with Crippen molar-refractivity contribution in [1.29, 1.82) is 0 Å². The molecular weight excluding hydrogens is 1140 g/mol. The number of phosphoric acid groups is 2. The van der Waals surface area contributed by atoms with E-state index in [-0.39, 0.29) is 25.7 Å². The summed E-state index contributed by atoms with van der Waals surface area (Å²) in [5.41, 5.74) is 0. The van der Waals surface area contributed by atoms with Crippen molar-refractivity contribution in [3.63, 3.8) is 0 Å². The summed E-state index contributed by atoms with van der Waals surface area (Å²) < 4.78 is 68.1. The predicted molar refractivity (Wildman–Crippen MR) is 345 cm³/mol. The van der Waals surface area contributed by atoms with E-state index in [2.05, 4.69) is 41.5 Å². The number of esters is 4. The zero-order valence-electron chi connectivity index (χ0n) is 55.6. The first kappa shape index (κ1) is 84.1. The highest BCUT2D eigenvalue weighted by atomic mass is 31.2. The lowest BCUT2D eigenvalue weighted by molar-refractivity contribution is -0.161. The number of aliphatic hydroxyl groups excluding tert-OH is 1. The monoisotopic (exact) mass is 1270 g/mol. The van der Waals surface area contributed by atoms with Gasteiger partial charge in [-0.15, -0.1) is 0 Å². The molecule has 19 heteroatoms.